The van der Waals surface area contributed by atoms with Crippen molar-refractivity contribution in [1.29, 1.82) is 0 Å². The third-order valence-corrected chi connectivity index (χ3v) is 5.05. The smallest absolute Gasteiger partial charge is 0.0414 e. The molecule has 1 saturated carbocycles. The van der Waals surface area contributed by atoms with Gasteiger partial charge in [0.2, 0.25) is 0 Å². The van der Waals surface area contributed by atoms with Crippen LogP contribution in [0.3, 0.4) is 0 Å². The van der Waals surface area contributed by atoms with Crippen LogP contribution in [0.15, 0.2) is 18.2 Å². The van der Waals surface area contributed by atoms with Crippen molar-refractivity contribution in [3.8, 4) is 0 Å². The van der Waals surface area contributed by atoms with Crippen LogP contribution in [0, 0.1) is 6.92 Å². The lowest BCUT2D eigenvalue weighted by molar-refractivity contribution is 0.553. The summed E-state index contributed by atoms with van der Waals surface area (Å²) in [5.74, 6) is 0. The van der Waals surface area contributed by atoms with Crippen LogP contribution in [-0.4, -0.2) is 18.6 Å². The highest BCUT2D eigenvalue weighted by Crippen LogP contribution is 2.30. The van der Waals surface area contributed by atoms with Crippen molar-refractivity contribution in [2.45, 2.75) is 77.4 Å². The zero-order valence-corrected chi connectivity index (χ0v) is 13.7. The molecule has 2 nitrogen and oxygen atoms in total. The second-order valence-corrected chi connectivity index (χ2v) is 6.89. The SMILES string of the molecule is CCC1CCCCCN1c1ccc(C)cc1CNC1CC1. The standard InChI is InChI=1S/C19H30N2/c1-3-18-7-5-4-6-12-21(18)19-11-8-15(2)13-16(19)14-20-17-9-10-17/h8,11,13,17-18,20H,3-7,9-10,12,14H2,1-2H3. The fraction of sp³-hybridized carbons (Fsp3) is 0.684. The predicted octanol–water partition coefficient (Wildman–Crippen LogP) is 4.41. The van der Waals surface area contributed by atoms with Crippen molar-refractivity contribution in [2.75, 3.05) is 11.4 Å². The fourth-order valence-corrected chi connectivity index (χ4v) is 3.60. The van der Waals surface area contributed by atoms with Gasteiger partial charge in [0.1, 0.15) is 0 Å². The number of nitrogens with one attached hydrogen (secondary N) is 1. The molecule has 21 heavy (non-hydrogen) atoms. The van der Waals surface area contributed by atoms with E-state index in [0.29, 0.717) is 0 Å². The molecule has 2 aliphatic rings. The molecule has 1 saturated heterocycles. The Bertz CT molecular complexity index is 465. The second kappa shape index (κ2) is 6.83. The quantitative estimate of drug-likeness (QED) is 0.862. The molecule has 1 unspecified atom stereocenters. The Morgan fingerprint density at radius 2 is 2.00 bits per heavy atom. The van der Waals surface area contributed by atoms with Gasteiger partial charge in [0.25, 0.3) is 0 Å². The van der Waals surface area contributed by atoms with E-state index >= 15 is 0 Å². The van der Waals surface area contributed by atoms with E-state index in [9.17, 15) is 0 Å². The molecule has 2 fully saturated rings. The maximum Gasteiger partial charge on any atom is 0.0414 e. The highest BCUT2D eigenvalue weighted by atomic mass is 15.2. The summed E-state index contributed by atoms with van der Waals surface area (Å²) >= 11 is 0. The van der Waals surface area contributed by atoms with Crippen LogP contribution in [0.1, 0.15) is 63.0 Å². The second-order valence-electron chi connectivity index (χ2n) is 6.89. The number of hydrogen-bond donors (Lipinski definition) is 1. The largest absolute Gasteiger partial charge is 0.368 e. The molecule has 0 bridgehead atoms. The van der Waals surface area contributed by atoms with E-state index in [2.05, 4.69) is 42.3 Å². The first kappa shape index (κ1) is 14.9. The maximum atomic E-state index is 3.70. The maximum absolute atomic E-state index is 3.70. The van der Waals surface area contributed by atoms with Crippen LogP contribution in [0.4, 0.5) is 5.69 Å². The average molecular weight is 286 g/mol. The van der Waals surface area contributed by atoms with E-state index < -0.39 is 0 Å². The molecule has 1 aromatic carbocycles. The van der Waals surface area contributed by atoms with Crippen molar-refractivity contribution in [3.05, 3.63) is 29.3 Å². The highest BCUT2D eigenvalue weighted by Gasteiger charge is 2.24. The number of hydrogen-bond acceptors (Lipinski definition) is 2. The van der Waals surface area contributed by atoms with Gasteiger partial charge in [0.15, 0.2) is 0 Å². The normalized spacial score (nSPS) is 23.1. The van der Waals surface area contributed by atoms with Crippen LogP contribution in [-0.2, 0) is 6.54 Å². The fourth-order valence-electron chi connectivity index (χ4n) is 3.60. The molecule has 1 atom stereocenters. The molecule has 3 rings (SSSR count). The lowest BCUT2D eigenvalue weighted by atomic mass is 10.0. The van der Waals surface area contributed by atoms with Gasteiger partial charge < -0.3 is 10.2 Å². The molecule has 1 aromatic rings. The van der Waals surface area contributed by atoms with Crippen molar-refractivity contribution < 1.29 is 0 Å². The minimum absolute atomic E-state index is 0.731. The minimum atomic E-state index is 0.731. The van der Waals surface area contributed by atoms with E-state index in [4.69, 9.17) is 0 Å². The monoisotopic (exact) mass is 286 g/mol. The average Bonchev–Trinajstić information content (AvgIpc) is 3.32. The molecule has 1 aliphatic heterocycles. The molecule has 1 aliphatic carbocycles. The molecule has 0 radical (unpaired) electrons. The van der Waals surface area contributed by atoms with Crippen molar-refractivity contribution in [2.24, 2.45) is 0 Å². The summed E-state index contributed by atoms with van der Waals surface area (Å²) in [5, 5.41) is 3.70. The summed E-state index contributed by atoms with van der Waals surface area (Å²) in [7, 11) is 0. The zero-order chi connectivity index (χ0) is 14.7. The summed E-state index contributed by atoms with van der Waals surface area (Å²) in [6.07, 6.45) is 9.50. The van der Waals surface area contributed by atoms with Crippen LogP contribution < -0.4 is 10.2 Å². The van der Waals surface area contributed by atoms with Gasteiger partial charge in [-0.15, -0.1) is 0 Å². The molecule has 116 valence electrons. The number of rotatable bonds is 5. The Balaban J connectivity index is 1.83. The van der Waals surface area contributed by atoms with E-state index in [1.807, 2.05) is 0 Å². The van der Waals surface area contributed by atoms with Gasteiger partial charge in [-0.1, -0.05) is 37.5 Å². The zero-order valence-electron chi connectivity index (χ0n) is 13.7. The van der Waals surface area contributed by atoms with Crippen LogP contribution in [0.25, 0.3) is 0 Å². The summed E-state index contributed by atoms with van der Waals surface area (Å²) < 4.78 is 0. The van der Waals surface area contributed by atoms with Gasteiger partial charge in [-0.2, -0.15) is 0 Å². The molecular formula is C19H30N2. The van der Waals surface area contributed by atoms with Crippen LogP contribution in [0.2, 0.25) is 0 Å². The van der Waals surface area contributed by atoms with Gasteiger partial charge in [-0.25, -0.2) is 0 Å². The van der Waals surface area contributed by atoms with Crippen molar-refractivity contribution in [3.63, 3.8) is 0 Å². The Morgan fingerprint density at radius 1 is 1.14 bits per heavy atom. The molecule has 2 heteroatoms. The highest BCUT2D eigenvalue weighted by molar-refractivity contribution is 5.56. The first-order valence-electron chi connectivity index (χ1n) is 8.87. The molecule has 0 amide bonds. The first-order chi connectivity index (χ1) is 10.3. The van der Waals surface area contributed by atoms with Gasteiger partial charge in [0, 0.05) is 30.9 Å². The Kier molecular flexibility index (Phi) is 4.84. The lowest BCUT2D eigenvalue weighted by Crippen LogP contribution is -2.35. The van der Waals surface area contributed by atoms with Crippen molar-refractivity contribution in [1.82, 2.24) is 5.32 Å². The minimum Gasteiger partial charge on any atom is -0.368 e. The van der Waals surface area contributed by atoms with Gasteiger partial charge >= 0.3 is 0 Å². The number of nitrogens with zero attached hydrogens (tertiary/aromatic N) is 1. The number of aryl methyl sites for hydroxylation is 1. The summed E-state index contributed by atoms with van der Waals surface area (Å²) in [4.78, 5) is 2.70. The molecule has 0 aromatic heterocycles. The Morgan fingerprint density at radius 3 is 2.76 bits per heavy atom. The van der Waals surface area contributed by atoms with E-state index in [1.54, 1.807) is 0 Å². The predicted molar refractivity (Wildman–Crippen MR) is 90.9 cm³/mol. The number of anilines is 1. The van der Waals surface area contributed by atoms with E-state index in [1.165, 1.54) is 68.3 Å². The third-order valence-electron chi connectivity index (χ3n) is 5.05. The molecular weight excluding hydrogens is 256 g/mol. The topological polar surface area (TPSA) is 15.3 Å². The van der Waals surface area contributed by atoms with Gasteiger partial charge in [-0.05, 0) is 50.7 Å². The summed E-state index contributed by atoms with van der Waals surface area (Å²) in [6, 6.07) is 8.56. The first-order valence-corrected chi connectivity index (χ1v) is 8.87. The van der Waals surface area contributed by atoms with Gasteiger partial charge in [0.05, 0.1) is 0 Å². The van der Waals surface area contributed by atoms with Crippen molar-refractivity contribution >= 4 is 5.69 Å². The molecule has 1 N–H and O–H groups in total. The third kappa shape index (κ3) is 3.79. The van der Waals surface area contributed by atoms with E-state index in [-0.39, 0.29) is 0 Å². The molecule has 0 spiro atoms. The van der Waals surface area contributed by atoms with E-state index in [0.717, 1.165) is 18.6 Å². The van der Waals surface area contributed by atoms with Crippen LogP contribution >= 0.6 is 0 Å². The number of benzene rings is 1. The Labute approximate surface area is 129 Å². The molecule has 1 heterocycles. The van der Waals surface area contributed by atoms with Gasteiger partial charge in [-0.3, -0.25) is 0 Å². The van der Waals surface area contributed by atoms with Crippen LogP contribution in [0.5, 0.6) is 0 Å². The lowest BCUT2D eigenvalue weighted by Gasteiger charge is -2.33. The summed E-state index contributed by atoms with van der Waals surface area (Å²) in [5.41, 5.74) is 4.37. The summed E-state index contributed by atoms with van der Waals surface area (Å²) in [6.45, 7) is 6.83. The Hall–Kier alpha value is -1.02.